The van der Waals surface area contributed by atoms with Gasteiger partial charge in [0.2, 0.25) is 15.9 Å². The number of sulfonamides is 1. The fourth-order valence-electron chi connectivity index (χ4n) is 5.14. The first kappa shape index (κ1) is 29.1. The number of methoxy groups -OCH3 is 1. The van der Waals surface area contributed by atoms with Gasteiger partial charge >= 0.3 is 6.18 Å². The molecule has 0 spiro atoms. The lowest BCUT2D eigenvalue weighted by Crippen LogP contribution is -2.50. The maximum absolute atomic E-state index is 13.5. The van der Waals surface area contributed by atoms with Crippen molar-refractivity contribution in [3.8, 4) is 5.75 Å². The van der Waals surface area contributed by atoms with Crippen LogP contribution in [0, 0.1) is 13.8 Å². The number of aromatic nitrogens is 1. The fraction of sp³-hybridized carbons (Fsp3) is 0.538. The Morgan fingerprint density at radius 3 is 2.31 bits per heavy atom. The van der Waals surface area contributed by atoms with E-state index < -0.39 is 21.8 Å². The Bertz CT molecular complexity index is 1260. The monoisotopic (exact) mass is 570 g/mol. The van der Waals surface area contributed by atoms with Gasteiger partial charge in [-0.2, -0.15) is 17.5 Å². The summed E-state index contributed by atoms with van der Waals surface area (Å²) in [6.45, 7) is 5.42. The molecule has 2 saturated heterocycles. The highest BCUT2D eigenvalue weighted by Crippen LogP contribution is 2.32. The first-order chi connectivity index (χ1) is 18.4. The van der Waals surface area contributed by atoms with Crippen molar-refractivity contribution in [2.24, 2.45) is 0 Å². The zero-order valence-corrected chi connectivity index (χ0v) is 23.0. The summed E-state index contributed by atoms with van der Waals surface area (Å²) in [4.78, 5) is 20.4. The van der Waals surface area contributed by atoms with Gasteiger partial charge in [-0.3, -0.25) is 4.79 Å². The van der Waals surface area contributed by atoms with E-state index in [1.165, 1.54) is 17.5 Å². The van der Waals surface area contributed by atoms with E-state index in [0.29, 0.717) is 68.3 Å². The number of alkyl halides is 3. The van der Waals surface area contributed by atoms with E-state index in [1.54, 1.807) is 30.9 Å². The Morgan fingerprint density at radius 2 is 1.74 bits per heavy atom. The summed E-state index contributed by atoms with van der Waals surface area (Å²) in [5, 5.41) is 0. The van der Waals surface area contributed by atoms with Crippen LogP contribution >= 0.6 is 0 Å². The normalized spacial score (nSPS) is 19.0. The quantitative estimate of drug-likeness (QED) is 0.481. The van der Waals surface area contributed by atoms with Crippen LogP contribution in [0.2, 0.25) is 0 Å². The molecule has 214 valence electrons. The predicted molar refractivity (Wildman–Crippen MR) is 138 cm³/mol. The average molecular weight is 571 g/mol. The van der Waals surface area contributed by atoms with Crippen LogP contribution in [0.3, 0.4) is 0 Å². The Kier molecular flexibility index (Phi) is 8.72. The van der Waals surface area contributed by atoms with Gasteiger partial charge < -0.3 is 19.3 Å². The number of rotatable bonds is 8. The third-order valence-corrected chi connectivity index (χ3v) is 9.38. The molecular weight excluding hydrogens is 537 g/mol. The zero-order valence-electron chi connectivity index (χ0n) is 22.2. The zero-order chi connectivity index (χ0) is 28.4. The molecule has 1 amide bonds. The van der Waals surface area contributed by atoms with Crippen molar-refractivity contribution in [1.29, 1.82) is 0 Å². The van der Waals surface area contributed by atoms with Gasteiger partial charge in [0.15, 0.2) is 0 Å². The Hall–Kier alpha value is -2.90. The molecule has 9 nitrogen and oxygen atoms in total. The number of anilines is 1. The van der Waals surface area contributed by atoms with Crippen molar-refractivity contribution >= 4 is 21.7 Å². The average Bonchev–Trinajstić information content (AvgIpc) is 3.37. The van der Waals surface area contributed by atoms with E-state index in [-0.39, 0.29) is 30.1 Å². The molecule has 1 aromatic carbocycles. The smallest absolute Gasteiger partial charge is 0.417 e. The van der Waals surface area contributed by atoms with Crippen molar-refractivity contribution in [2.75, 3.05) is 57.9 Å². The molecule has 2 fully saturated rings. The minimum absolute atomic E-state index is 0.106. The second-order valence-corrected chi connectivity index (χ2v) is 11.6. The molecule has 2 aromatic rings. The molecule has 2 aliphatic heterocycles. The number of carbonyl (C=O) groups excluding carboxylic acids is 1. The van der Waals surface area contributed by atoms with Crippen LogP contribution in [0.4, 0.5) is 19.0 Å². The topological polar surface area (TPSA) is 92.3 Å². The number of hydrogen-bond donors (Lipinski definition) is 0. The number of carbonyl (C=O) groups is 1. The van der Waals surface area contributed by atoms with E-state index in [2.05, 4.69) is 4.98 Å². The highest BCUT2D eigenvalue weighted by Gasteiger charge is 2.37. The van der Waals surface area contributed by atoms with Gasteiger partial charge in [0.1, 0.15) is 18.2 Å². The van der Waals surface area contributed by atoms with E-state index in [0.717, 1.165) is 12.3 Å². The van der Waals surface area contributed by atoms with Gasteiger partial charge in [0, 0.05) is 45.0 Å². The molecule has 1 atom stereocenters. The highest BCUT2D eigenvalue weighted by atomic mass is 32.2. The molecule has 13 heteroatoms. The van der Waals surface area contributed by atoms with Crippen LogP contribution in [0.5, 0.6) is 5.75 Å². The Balaban J connectivity index is 1.29. The minimum Gasteiger partial charge on any atom is -0.497 e. The minimum atomic E-state index is -4.44. The van der Waals surface area contributed by atoms with E-state index in [4.69, 9.17) is 9.47 Å². The summed E-state index contributed by atoms with van der Waals surface area (Å²) < 4.78 is 77.8. The molecule has 1 aromatic heterocycles. The molecule has 2 aliphatic rings. The number of benzene rings is 1. The van der Waals surface area contributed by atoms with Crippen molar-refractivity contribution in [2.45, 2.75) is 43.8 Å². The summed E-state index contributed by atoms with van der Waals surface area (Å²) in [5.41, 5.74) is 0.415. The number of piperazine rings is 1. The second-order valence-electron chi connectivity index (χ2n) is 9.79. The number of amides is 1. The van der Waals surface area contributed by atoms with Gasteiger partial charge in [0.25, 0.3) is 0 Å². The van der Waals surface area contributed by atoms with Gasteiger partial charge in [-0.05, 0) is 62.1 Å². The summed E-state index contributed by atoms with van der Waals surface area (Å²) in [5.74, 6) is 0.806. The van der Waals surface area contributed by atoms with E-state index in [9.17, 15) is 26.4 Å². The molecule has 0 bridgehead atoms. The van der Waals surface area contributed by atoms with Gasteiger partial charge in [-0.15, -0.1) is 0 Å². The number of halogens is 3. The summed E-state index contributed by atoms with van der Waals surface area (Å²) in [6, 6.07) is 5.37. The third-order valence-electron chi connectivity index (χ3n) is 7.13. The van der Waals surface area contributed by atoms with E-state index in [1.807, 2.05) is 4.90 Å². The number of aryl methyl sites for hydroxylation is 2. The van der Waals surface area contributed by atoms with Crippen LogP contribution in [0.1, 0.15) is 29.5 Å². The lowest BCUT2D eigenvalue weighted by Gasteiger charge is -2.35. The highest BCUT2D eigenvalue weighted by molar-refractivity contribution is 7.89. The second kappa shape index (κ2) is 11.7. The lowest BCUT2D eigenvalue weighted by molar-refractivity contribution is -0.138. The summed E-state index contributed by atoms with van der Waals surface area (Å²) in [7, 11) is -2.22. The van der Waals surface area contributed by atoms with Crippen LogP contribution in [-0.2, 0) is 25.7 Å². The largest absolute Gasteiger partial charge is 0.497 e. The maximum atomic E-state index is 13.5. The molecule has 1 unspecified atom stereocenters. The predicted octanol–water partition coefficient (Wildman–Crippen LogP) is 3.24. The van der Waals surface area contributed by atoms with Crippen LogP contribution < -0.4 is 9.64 Å². The molecule has 4 rings (SSSR count). The Labute approximate surface area is 226 Å². The number of hydrogen-bond acceptors (Lipinski definition) is 7. The molecular formula is C26H33F3N4O5S. The lowest BCUT2D eigenvalue weighted by atomic mass is 10.1. The molecule has 39 heavy (non-hydrogen) atoms. The van der Waals surface area contributed by atoms with Crippen molar-refractivity contribution in [3.63, 3.8) is 0 Å². The summed E-state index contributed by atoms with van der Waals surface area (Å²) >= 11 is 0. The summed E-state index contributed by atoms with van der Waals surface area (Å²) in [6.07, 6.45) is -2.29. The third kappa shape index (κ3) is 6.47. The van der Waals surface area contributed by atoms with E-state index >= 15 is 0 Å². The van der Waals surface area contributed by atoms with Crippen molar-refractivity contribution < 1.29 is 35.9 Å². The maximum Gasteiger partial charge on any atom is 0.417 e. The van der Waals surface area contributed by atoms with Gasteiger partial charge in [-0.1, -0.05) is 0 Å². The number of nitrogens with zero attached hydrogens (tertiary/aromatic N) is 4. The standard InChI is InChI=1S/C26H33F3N4O5S/c1-18-13-22(37-3)14-19(2)25(18)39(35,36)33-8-4-5-21(33)16-38-17-24(34)32-11-9-31(10-12-32)23-7-6-20(15-30-23)26(27,28)29/h6-7,13-15,21H,4-5,8-12,16-17H2,1-3H3. The first-order valence-corrected chi connectivity index (χ1v) is 14.2. The van der Waals surface area contributed by atoms with Crippen LogP contribution in [0.15, 0.2) is 35.4 Å². The first-order valence-electron chi connectivity index (χ1n) is 12.7. The van der Waals surface area contributed by atoms with Gasteiger partial charge in [-0.25, -0.2) is 13.4 Å². The Morgan fingerprint density at radius 1 is 1.08 bits per heavy atom. The molecule has 0 aliphatic carbocycles. The molecule has 0 saturated carbocycles. The van der Waals surface area contributed by atoms with Crippen molar-refractivity contribution in [1.82, 2.24) is 14.2 Å². The molecule has 3 heterocycles. The fourth-order valence-corrected chi connectivity index (χ4v) is 7.24. The molecule has 0 radical (unpaired) electrons. The van der Waals surface area contributed by atoms with Crippen LogP contribution in [-0.4, -0.2) is 87.6 Å². The molecule has 0 N–H and O–H groups in total. The van der Waals surface area contributed by atoms with Crippen molar-refractivity contribution in [3.05, 3.63) is 47.2 Å². The van der Waals surface area contributed by atoms with Gasteiger partial charge in [0.05, 0.1) is 24.2 Å². The van der Waals surface area contributed by atoms with Crippen LogP contribution in [0.25, 0.3) is 0 Å². The number of pyridine rings is 1. The SMILES string of the molecule is COc1cc(C)c(S(=O)(=O)N2CCCC2COCC(=O)N2CCN(c3ccc(C(F)(F)F)cn3)CC2)c(C)c1. The number of ether oxygens (including phenoxy) is 2.